The van der Waals surface area contributed by atoms with Crippen molar-refractivity contribution in [3.8, 4) is 11.5 Å². The Hall–Kier alpha value is -2.64. The van der Waals surface area contributed by atoms with E-state index >= 15 is 0 Å². The van der Waals surface area contributed by atoms with Crippen LogP contribution >= 0.6 is 0 Å². The Morgan fingerprint density at radius 3 is 2.09 bits per heavy atom. The second-order valence-electron chi connectivity index (χ2n) is 7.35. The second kappa shape index (κ2) is 8.71. The molecule has 170 valence electrons. The number of nitrogens with zero attached hydrogens (tertiary/aromatic N) is 3. The third-order valence-electron chi connectivity index (χ3n) is 5.15. The quantitative estimate of drug-likeness (QED) is 0.568. The SMILES string of the molecule is NS(=O)(=O)c1ccc(S(=O)(=O)N2CCN(Cc3coc(-c4ccc(F)cc4)n3)CC2)cc1. The standard InChI is InChI=1S/C20H21FN4O5S2/c21-16-3-1-15(2-4-16)20-23-17(14-30-20)13-24-9-11-25(12-10-24)32(28,29)19-7-5-18(6-8-19)31(22,26)27/h1-8,14H,9-13H2,(H2,22,26,27). The summed E-state index contributed by atoms with van der Waals surface area (Å²) in [6, 6.07) is 10.7. The number of aromatic nitrogens is 1. The molecule has 1 fully saturated rings. The van der Waals surface area contributed by atoms with Gasteiger partial charge in [-0.2, -0.15) is 4.31 Å². The normalized spacial score (nSPS) is 16.3. The maximum absolute atomic E-state index is 13.1. The van der Waals surface area contributed by atoms with E-state index in [2.05, 4.69) is 9.88 Å². The van der Waals surface area contributed by atoms with Crippen LogP contribution in [0.15, 0.2) is 69.0 Å². The fourth-order valence-electron chi connectivity index (χ4n) is 3.41. The van der Waals surface area contributed by atoms with Gasteiger partial charge >= 0.3 is 0 Å². The Balaban J connectivity index is 1.37. The summed E-state index contributed by atoms with van der Waals surface area (Å²) < 4.78 is 68.4. The van der Waals surface area contributed by atoms with E-state index in [1.54, 1.807) is 12.1 Å². The molecule has 0 unspecified atom stereocenters. The highest BCUT2D eigenvalue weighted by molar-refractivity contribution is 7.89. The maximum atomic E-state index is 13.1. The molecule has 1 saturated heterocycles. The van der Waals surface area contributed by atoms with Gasteiger partial charge in [0.15, 0.2) is 0 Å². The van der Waals surface area contributed by atoms with E-state index in [0.717, 1.165) is 0 Å². The molecule has 2 N–H and O–H groups in total. The van der Waals surface area contributed by atoms with E-state index in [-0.39, 0.29) is 28.7 Å². The first-order valence-electron chi connectivity index (χ1n) is 9.69. The van der Waals surface area contributed by atoms with Gasteiger partial charge in [-0.05, 0) is 48.5 Å². The molecule has 0 atom stereocenters. The minimum Gasteiger partial charge on any atom is -0.444 e. The number of oxazole rings is 1. The van der Waals surface area contributed by atoms with Crippen molar-refractivity contribution in [2.45, 2.75) is 16.3 Å². The molecule has 1 aliphatic rings. The summed E-state index contributed by atoms with van der Waals surface area (Å²) in [7, 11) is -7.64. The lowest BCUT2D eigenvalue weighted by molar-refractivity contribution is 0.180. The number of sulfonamides is 2. The van der Waals surface area contributed by atoms with Gasteiger partial charge in [0.2, 0.25) is 25.9 Å². The molecule has 9 nitrogen and oxygen atoms in total. The summed E-state index contributed by atoms with van der Waals surface area (Å²) in [4.78, 5) is 6.35. The molecule has 2 aromatic carbocycles. The van der Waals surface area contributed by atoms with Gasteiger partial charge in [-0.3, -0.25) is 4.90 Å². The Morgan fingerprint density at radius 2 is 1.50 bits per heavy atom. The zero-order valence-electron chi connectivity index (χ0n) is 16.9. The molecule has 0 amide bonds. The van der Waals surface area contributed by atoms with Gasteiger partial charge in [-0.1, -0.05) is 0 Å². The van der Waals surface area contributed by atoms with E-state index in [9.17, 15) is 21.2 Å². The van der Waals surface area contributed by atoms with Gasteiger partial charge in [-0.15, -0.1) is 0 Å². The number of rotatable bonds is 6. The molecule has 0 spiro atoms. The minimum absolute atomic E-state index is 0.0128. The molecule has 3 aromatic rings. The molecule has 0 saturated carbocycles. The predicted molar refractivity (Wildman–Crippen MR) is 114 cm³/mol. The molecule has 1 aromatic heterocycles. The summed E-state index contributed by atoms with van der Waals surface area (Å²) in [5.74, 6) is 0.0536. The average molecular weight is 481 g/mol. The van der Waals surface area contributed by atoms with Crippen LogP contribution in [0.25, 0.3) is 11.5 Å². The highest BCUT2D eigenvalue weighted by Gasteiger charge is 2.29. The van der Waals surface area contributed by atoms with Gasteiger partial charge in [0, 0.05) is 38.3 Å². The van der Waals surface area contributed by atoms with E-state index in [4.69, 9.17) is 9.56 Å². The van der Waals surface area contributed by atoms with Gasteiger partial charge in [-0.25, -0.2) is 31.3 Å². The fraction of sp³-hybridized carbons (Fsp3) is 0.250. The lowest BCUT2D eigenvalue weighted by Crippen LogP contribution is -2.48. The van der Waals surface area contributed by atoms with Crippen LogP contribution in [0.1, 0.15) is 5.69 Å². The second-order valence-corrected chi connectivity index (χ2v) is 10.8. The van der Waals surface area contributed by atoms with Gasteiger partial charge in [0.1, 0.15) is 12.1 Å². The van der Waals surface area contributed by atoms with Crippen molar-refractivity contribution < 1.29 is 25.6 Å². The van der Waals surface area contributed by atoms with Crippen molar-refractivity contribution in [2.75, 3.05) is 26.2 Å². The van der Waals surface area contributed by atoms with Crippen molar-refractivity contribution in [3.05, 3.63) is 66.3 Å². The number of primary sulfonamides is 1. The van der Waals surface area contributed by atoms with Crippen molar-refractivity contribution in [1.29, 1.82) is 0 Å². The van der Waals surface area contributed by atoms with Crippen LogP contribution in [0.3, 0.4) is 0 Å². The van der Waals surface area contributed by atoms with Gasteiger partial charge < -0.3 is 4.42 Å². The Kier molecular flexibility index (Phi) is 6.14. The molecule has 0 aliphatic carbocycles. The predicted octanol–water partition coefficient (Wildman–Crippen LogP) is 1.63. The van der Waals surface area contributed by atoms with E-state index < -0.39 is 20.0 Å². The molecular weight excluding hydrogens is 459 g/mol. The molecule has 12 heteroatoms. The summed E-state index contributed by atoms with van der Waals surface area (Å²) >= 11 is 0. The topological polar surface area (TPSA) is 127 Å². The molecule has 0 bridgehead atoms. The number of benzene rings is 2. The lowest BCUT2D eigenvalue weighted by atomic mass is 10.2. The highest BCUT2D eigenvalue weighted by atomic mass is 32.2. The molecule has 32 heavy (non-hydrogen) atoms. The van der Waals surface area contributed by atoms with Crippen molar-refractivity contribution in [3.63, 3.8) is 0 Å². The maximum Gasteiger partial charge on any atom is 0.243 e. The minimum atomic E-state index is -3.89. The Bertz CT molecular complexity index is 1300. The zero-order chi connectivity index (χ0) is 22.9. The number of hydrogen-bond acceptors (Lipinski definition) is 7. The monoisotopic (exact) mass is 480 g/mol. The summed E-state index contributed by atoms with van der Waals surface area (Å²) in [6.07, 6.45) is 1.54. The van der Waals surface area contributed by atoms with Crippen LogP contribution in [0.4, 0.5) is 4.39 Å². The van der Waals surface area contributed by atoms with Crippen LogP contribution in [0.2, 0.25) is 0 Å². The first kappa shape index (κ1) is 22.6. The third-order valence-corrected chi connectivity index (χ3v) is 7.99. The lowest BCUT2D eigenvalue weighted by Gasteiger charge is -2.33. The molecular formula is C20H21FN4O5S2. The largest absolute Gasteiger partial charge is 0.444 e. The van der Waals surface area contributed by atoms with Crippen molar-refractivity contribution >= 4 is 20.0 Å². The smallest absolute Gasteiger partial charge is 0.243 e. The van der Waals surface area contributed by atoms with E-state index in [1.165, 1.54) is 47.0 Å². The number of hydrogen-bond donors (Lipinski definition) is 1. The summed E-state index contributed by atoms with van der Waals surface area (Å²) in [5.41, 5.74) is 1.36. The number of nitrogens with two attached hydrogens (primary N) is 1. The Labute approximate surface area is 185 Å². The van der Waals surface area contributed by atoms with E-state index in [1.807, 2.05) is 0 Å². The van der Waals surface area contributed by atoms with E-state index in [0.29, 0.717) is 36.8 Å². The molecule has 1 aliphatic heterocycles. The van der Waals surface area contributed by atoms with Crippen molar-refractivity contribution in [1.82, 2.24) is 14.2 Å². The molecule has 0 radical (unpaired) electrons. The van der Waals surface area contributed by atoms with Gasteiger partial charge in [0.05, 0.1) is 15.5 Å². The zero-order valence-corrected chi connectivity index (χ0v) is 18.5. The third kappa shape index (κ3) is 4.89. The average Bonchev–Trinajstić information content (AvgIpc) is 3.22. The van der Waals surface area contributed by atoms with Crippen LogP contribution < -0.4 is 5.14 Å². The first-order chi connectivity index (χ1) is 15.1. The molecule has 2 heterocycles. The summed E-state index contributed by atoms with van der Waals surface area (Å²) in [6.45, 7) is 2.03. The Morgan fingerprint density at radius 1 is 0.906 bits per heavy atom. The number of halogens is 1. The fourth-order valence-corrected chi connectivity index (χ4v) is 5.35. The first-order valence-corrected chi connectivity index (χ1v) is 12.7. The van der Waals surface area contributed by atoms with Crippen molar-refractivity contribution in [2.24, 2.45) is 5.14 Å². The summed E-state index contributed by atoms with van der Waals surface area (Å²) in [5, 5.41) is 5.06. The van der Waals surface area contributed by atoms with Crippen LogP contribution in [0, 0.1) is 5.82 Å². The van der Waals surface area contributed by atoms with Crippen LogP contribution in [0.5, 0.6) is 0 Å². The number of piperazine rings is 1. The van der Waals surface area contributed by atoms with Gasteiger partial charge in [0.25, 0.3) is 0 Å². The molecule has 4 rings (SSSR count). The van der Waals surface area contributed by atoms with Crippen LogP contribution in [-0.4, -0.2) is 57.2 Å². The highest BCUT2D eigenvalue weighted by Crippen LogP contribution is 2.22. The van der Waals surface area contributed by atoms with Crippen LogP contribution in [-0.2, 0) is 26.6 Å².